The normalized spacial score (nSPS) is 18.7. The zero-order chi connectivity index (χ0) is 19.2. The molecule has 2 N–H and O–H groups in total. The van der Waals surface area contributed by atoms with Gasteiger partial charge in [-0.05, 0) is 57.2 Å². The van der Waals surface area contributed by atoms with Crippen LogP contribution in [0.5, 0.6) is 0 Å². The Hall–Kier alpha value is -2.15. The molecule has 1 saturated heterocycles. The van der Waals surface area contributed by atoms with E-state index in [1.807, 2.05) is 0 Å². The van der Waals surface area contributed by atoms with Crippen LogP contribution >= 0.6 is 0 Å². The molecule has 0 radical (unpaired) electrons. The molecule has 2 aliphatic rings. The van der Waals surface area contributed by atoms with Gasteiger partial charge in [-0.15, -0.1) is 0 Å². The maximum Gasteiger partial charge on any atom is 0.326 e. The molecule has 7 heteroatoms. The van der Waals surface area contributed by atoms with E-state index in [9.17, 15) is 9.59 Å². The molecular formula is C20H30N4O3. The number of carbonyl (C=O) groups is 2. The minimum atomic E-state index is -0.942. The van der Waals surface area contributed by atoms with Gasteiger partial charge in [-0.3, -0.25) is 9.69 Å². The Labute approximate surface area is 160 Å². The first kappa shape index (κ1) is 19.6. The van der Waals surface area contributed by atoms with Gasteiger partial charge in [-0.2, -0.15) is 0 Å². The molecule has 1 fully saturated rings. The molecule has 3 rings (SSSR count). The van der Waals surface area contributed by atoms with Gasteiger partial charge in [0.25, 0.3) is 0 Å². The molecule has 0 unspecified atom stereocenters. The van der Waals surface area contributed by atoms with Gasteiger partial charge < -0.3 is 15.3 Å². The van der Waals surface area contributed by atoms with Crippen molar-refractivity contribution in [2.75, 3.05) is 38.0 Å². The van der Waals surface area contributed by atoms with Gasteiger partial charge in [0.1, 0.15) is 11.9 Å². The second-order valence-electron chi connectivity index (χ2n) is 7.53. The van der Waals surface area contributed by atoms with Crippen LogP contribution in [0.2, 0.25) is 0 Å². The third kappa shape index (κ3) is 5.19. The minimum Gasteiger partial charge on any atom is -0.480 e. The zero-order valence-corrected chi connectivity index (χ0v) is 16.1. The van der Waals surface area contributed by atoms with E-state index in [-0.39, 0.29) is 5.91 Å². The number of aromatic nitrogens is 1. The molecule has 1 aromatic rings. The van der Waals surface area contributed by atoms with Crippen LogP contribution in [0.1, 0.15) is 43.9 Å². The Balaban J connectivity index is 1.34. The number of carboxylic acids is 1. The van der Waals surface area contributed by atoms with Gasteiger partial charge in [0.15, 0.2) is 0 Å². The predicted molar refractivity (Wildman–Crippen MR) is 104 cm³/mol. The molecule has 2 aliphatic heterocycles. The van der Waals surface area contributed by atoms with E-state index in [0.717, 1.165) is 63.3 Å². The summed E-state index contributed by atoms with van der Waals surface area (Å²) in [5, 5.41) is 12.4. The molecule has 0 saturated carbocycles. The Morgan fingerprint density at radius 2 is 2.15 bits per heavy atom. The van der Waals surface area contributed by atoms with Crippen LogP contribution in [0.4, 0.5) is 5.82 Å². The van der Waals surface area contributed by atoms with Crippen molar-refractivity contribution >= 4 is 17.7 Å². The highest BCUT2D eigenvalue weighted by Gasteiger charge is 2.30. The number of aliphatic carboxylic acids is 1. The number of anilines is 1. The highest BCUT2D eigenvalue weighted by atomic mass is 16.4. The smallest absolute Gasteiger partial charge is 0.326 e. The van der Waals surface area contributed by atoms with Gasteiger partial charge in [0.05, 0.1) is 6.54 Å². The Bertz CT molecular complexity index is 679. The fourth-order valence-electron chi connectivity index (χ4n) is 3.80. The number of aryl methyl sites for hydroxylation is 2. The summed E-state index contributed by atoms with van der Waals surface area (Å²) in [4.78, 5) is 31.5. The van der Waals surface area contributed by atoms with Gasteiger partial charge in [0, 0.05) is 25.3 Å². The lowest BCUT2D eigenvalue weighted by molar-refractivity contribution is -0.152. The van der Waals surface area contributed by atoms with Crippen molar-refractivity contribution in [2.45, 2.75) is 51.5 Å². The van der Waals surface area contributed by atoms with E-state index in [2.05, 4.69) is 22.3 Å². The Kier molecular flexibility index (Phi) is 6.66. The van der Waals surface area contributed by atoms with Gasteiger partial charge in [0.2, 0.25) is 5.91 Å². The van der Waals surface area contributed by atoms with E-state index in [0.29, 0.717) is 13.1 Å². The van der Waals surface area contributed by atoms with Crippen LogP contribution in [0.25, 0.3) is 0 Å². The second kappa shape index (κ2) is 9.17. The molecule has 7 nitrogen and oxygen atoms in total. The number of nitrogens with one attached hydrogen (secondary N) is 1. The standard InChI is InChI=1S/C20H30N4O3/c1-15(20(26)27)24-13-12-23(14-18(24)25)11-4-2-3-7-17-9-8-16-6-5-10-21-19(16)22-17/h8-9,15H,2-7,10-14H2,1H3,(H,21,22)(H,26,27)/t15-/m0/s1. The van der Waals surface area contributed by atoms with E-state index in [1.54, 1.807) is 6.92 Å². The van der Waals surface area contributed by atoms with E-state index in [4.69, 9.17) is 10.1 Å². The summed E-state index contributed by atoms with van der Waals surface area (Å²) >= 11 is 0. The SMILES string of the molecule is C[C@@H](C(=O)O)N1CCN(CCCCCc2ccc3c(n2)NCCC3)CC1=O. The van der Waals surface area contributed by atoms with Crippen LogP contribution < -0.4 is 5.32 Å². The minimum absolute atomic E-state index is 0.0816. The number of piperazine rings is 1. The summed E-state index contributed by atoms with van der Waals surface area (Å²) in [7, 11) is 0. The fourth-order valence-corrected chi connectivity index (χ4v) is 3.80. The highest BCUT2D eigenvalue weighted by molar-refractivity contribution is 5.85. The summed E-state index contributed by atoms with van der Waals surface area (Å²) in [5.41, 5.74) is 2.47. The number of rotatable bonds is 8. The Morgan fingerprint density at radius 1 is 1.30 bits per heavy atom. The van der Waals surface area contributed by atoms with Crippen LogP contribution in [0.15, 0.2) is 12.1 Å². The van der Waals surface area contributed by atoms with E-state index < -0.39 is 12.0 Å². The largest absolute Gasteiger partial charge is 0.480 e. The highest BCUT2D eigenvalue weighted by Crippen LogP contribution is 2.20. The topological polar surface area (TPSA) is 85.8 Å². The molecule has 1 aromatic heterocycles. The fraction of sp³-hybridized carbons (Fsp3) is 0.650. The zero-order valence-electron chi connectivity index (χ0n) is 16.1. The molecule has 0 aromatic carbocycles. The third-order valence-corrected chi connectivity index (χ3v) is 5.52. The molecule has 27 heavy (non-hydrogen) atoms. The summed E-state index contributed by atoms with van der Waals surface area (Å²) in [5.74, 6) is 0.0374. The first-order chi connectivity index (χ1) is 13.0. The number of unbranched alkanes of at least 4 members (excludes halogenated alkanes) is 2. The first-order valence-electron chi connectivity index (χ1n) is 10.0. The van der Waals surface area contributed by atoms with Crippen molar-refractivity contribution in [2.24, 2.45) is 0 Å². The maximum absolute atomic E-state index is 12.1. The average Bonchev–Trinajstić information content (AvgIpc) is 2.67. The summed E-state index contributed by atoms with van der Waals surface area (Å²) < 4.78 is 0. The number of carbonyl (C=O) groups excluding carboxylic acids is 1. The molecule has 0 aliphatic carbocycles. The van der Waals surface area contributed by atoms with Gasteiger partial charge in [-0.1, -0.05) is 12.5 Å². The lowest BCUT2D eigenvalue weighted by Gasteiger charge is -2.36. The van der Waals surface area contributed by atoms with Crippen molar-refractivity contribution < 1.29 is 14.7 Å². The number of hydrogen-bond acceptors (Lipinski definition) is 5. The van der Waals surface area contributed by atoms with Crippen LogP contribution in [0, 0.1) is 0 Å². The summed E-state index contributed by atoms with van der Waals surface area (Å²) in [6, 6.07) is 3.61. The van der Waals surface area contributed by atoms with Gasteiger partial charge in [-0.25, -0.2) is 9.78 Å². The molecule has 1 atom stereocenters. The van der Waals surface area contributed by atoms with Gasteiger partial charge >= 0.3 is 5.97 Å². The van der Waals surface area contributed by atoms with E-state index in [1.165, 1.54) is 16.9 Å². The van der Waals surface area contributed by atoms with Crippen molar-refractivity contribution in [3.05, 3.63) is 23.4 Å². The lowest BCUT2D eigenvalue weighted by Crippen LogP contribution is -2.55. The first-order valence-corrected chi connectivity index (χ1v) is 10.0. The van der Waals surface area contributed by atoms with Crippen molar-refractivity contribution in [3.63, 3.8) is 0 Å². The quantitative estimate of drug-likeness (QED) is 0.675. The molecule has 0 spiro atoms. The monoisotopic (exact) mass is 374 g/mol. The molecule has 0 bridgehead atoms. The summed E-state index contributed by atoms with van der Waals surface area (Å²) in [6.45, 7) is 5.05. The third-order valence-electron chi connectivity index (χ3n) is 5.52. The number of amides is 1. The van der Waals surface area contributed by atoms with Crippen molar-refractivity contribution in [3.8, 4) is 0 Å². The number of nitrogens with zero attached hydrogens (tertiary/aromatic N) is 3. The molecule has 148 valence electrons. The van der Waals surface area contributed by atoms with Crippen LogP contribution in [-0.2, 0) is 22.4 Å². The van der Waals surface area contributed by atoms with Crippen LogP contribution in [0.3, 0.4) is 0 Å². The lowest BCUT2D eigenvalue weighted by atomic mass is 10.1. The number of carboxylic acid groups (broad SMARTS) is 1. The van der Waals surface area contributed by atoms with Crippen LogP contribution in [-0.4, -0.2) is 70.5 Å². The predicted octanol–water partition coefficient (Wildman–Crippen LogP) is 1.77. The van der Waals surface area contributed by atoms with Crippen molar-refractivity contribution in [1.29, 1.82) is 0 Å². The number of hydrogen-bond donors (Lipinski definition) is 2. The maximum atomic E-state index is 12.1. The molecule has 1 amide bonds. The molecular weight excluding hydrogens is 344 g/mol. The molecule has 3 heterocycles. The van der Waals surface area contributed by atoms with E-state index >= 15 is 0 Å². The number of fused-ring (bicyclic) bond motifs is 1. The number of pyridine rings is 1. The Morgan fingerprint density at radius 3 is 2.93 bits per heavy atom. The van der Waals surface area contributed by atoms with Crippen molar-refractivity contribution in [1.82, 2.24) is 14.8 Å². The average molecular weight is 374 g/mol. The second-order valence-corrected chi connectivity index (χ2v) is 7.53. The summed E-state index contributed by atoms with van der Waals surface area (Å²) in [6.07, 6.45) is 6.53.